The van der Waals surface area contributed by atoms with Crippen molar-refractivity contribution in [2.24, 2.45) is 5.73 Å². The van der Waals surface area contributed by atoms with Crippen LogP contribution in [0.25, 0.3) is 0 Å². The van der Waals surface area contributed by atoms with E-state index < -0.39 is 0 Å². The van der Waals surface area contributed by atoms with Crippen LogP contribution in [0.3, 0.4) is 0 Å². The Bertz CT molecular complexity index is 384. The summed E-state index contributed by atoms with van der Waals surface area (Å²) in [6.07, 6.45) is 4.74. The van der Waals surface area contributed by atoms with Gasteiger partial charge < -0.3 is 10.6 Å². The Morgan fingerprint density at radius 3 is 2.47 bits per heavy atom. The van der Waals surface area contributed by atoms with E-state index in [-0.39, 0.29) is 0 Å². The summed E-state index contributed by atoms with van der Waals surface area (Å²) >= 11 is 3.55. The van der Waals surface area contributed by atoms with Crippen molar-refractivity contribution in [2.75, 3.05) is 11.9 Å². The highest BCUT2D eigenvalue weighted by molar-refractivity contribution is 9.10. The average molecular weight is 297 g/mol. The molecular formula is C14H21BrN2. The zero-order valence-electron chi connectivity index (χ0n) is 10.6. The van der Waals surface area contributed by atoms with Crippen LogP contribution in [-0.2, 0) is 0 Å². The molecule has 2 rings (SSSR count). The lowest BCUT2D eigenvalue weighted by molar-refractivity contribution is 0.385. The highest BCUT2D eigenvalue weighted by Crippen LogP contribution is 2.28. The van der Waals surface area contributed by atoms with E-state index in [2.05, 4.69) is 53.0 Å². The Labute approximate surface area is 112 Å². The summed E-state index contributed by atoms with van der Waals surface area (Å²) in [6, 6.07) is 7.64. The summed E-state index contributed by atoms with van der Waals surface area (Å²) in [4.78, 5) is 2.41. The fourth-order valence-electron chi connectivity index (χ4n) is 2.55. The molecule has 3 heteroatoms. The van der Waals surface area contributed by atoms with Crippen LogP contribution in [0.15, 0.2) is 22.7 Å². The van der Waals surface area contributed by atoms with Gasteiger partial charge in [-0.2, -0.15) is 0 Å². The molecule has 0 amide bonds. The van der Waals surface area contributed by atoms with Gasteiger partial charge in [-0.15, -0.1) is 0 Å². The Morgan fingerprint density at radius 2 is 1.88 bits per heavy atom. The van der Waals surface area contributed by atoms with Gasteiger partial charge in [-0.05, 0) is 56.4 Å². The zero-order valence-corrected chi connectivity index (χ0v) is 12.2. The molecule has 94 valence electrons. The molecule has 0 radical (unpaired) electrons. The van der Waals surface area contributed by atoms with Gasteiger partial charge in [0.25, 0.3) is 0 Å². The number of benzene rings is 1. The number of hydrogen-bond acceptors (Lipinski definition) is 2. The monoisotopic (exact) mass is 296 g/mol. The molecule has 0 unspecified atom stereocenters. The molecule has 2 nitrogen and oxygen atoms in total. The molecule has 0 heterocycles. The van der Waals surface area contributed by atoms with Crippen molar-refractivity contribution in [3.8, 4) is 0 Å². The summed E-state index contributed by atoms with van der Waals surface area (Å²) in [5.41, 5.74) is 8.56. The first-order valence-electron chi connectivity index (χ1n) is 6.32. The van der Waals surface area contributed by atoms with Gasteiger partial charge in [-0.3, -0.25) is 0 Å². The topological polar surface area (TPSA) is 29.3 Å². The van der Waals surface area contributed by atoms with Crippen LogP contribution >= 0.6 is 15.9 Å². The lowest BCUT2D eigenvalue weighted by atomic mass is 9.90. The maximum atomic E-state index is 5.96. The maximum absolute atomic E-state index is 5.96. The molecule has 2 N–H and O–H groups in total. The lowest BCUT2D eigenvalue weighted by Crippen LogP contribution is -2.38. The zero-order chi connectivity index (χ0) is 12.4. The van der Waals surface area contributed by atoms with Gasteiger partial charge >= 0.3 is 0 Å². The number of hydrogen-bond donors (Lipinski definition) is 1. The van der Waals surface area contributed by atoms with Gasteiger partial charge in [0.2, 0.25) is 0 Å². The molecule has 17 heavy (non-hydrogen) atoms. The summed E-state index contributed by atoms with van der Waals surface area (Å²) in [6.45, 7) is 2.14. The van der Waals surface area contributed by atoms with Gasteiger partial charge in [0.1, 0.15) is 0 Å². The number of aryl methyl sites for hydroxylation is 1. The number of anilines is 1. The summed E-state index contributed by atoms with van der Waals surface area (Å²) < 4.78 is 1.18. The van der Waals surface area contributed by atoms with E-state index in [1.54, 1.807) is 0 Å². The smallest absolute Gasteiger partial charge is 0.0369 e. The average Bonchev–Trinajstić information content (AvgIpc) is 2.33. The lowest BCUT2D eigenvalue weighted by Gasteiger charge is -2.35. The fraction of sp³-hybridized carbons (Fsp3) is 0.571. The van der Waals surface area contributed by atoms with Crippen LogP contribution in [0.4, 0.5) is 5.69 Å². The number of nitrogens with zero attached hydrogens (tertiary/aromatic N) is 1. The van der Waals surface area contributed by atoms with Crippen LogP contribution in [-0.4, -0.2) is 19.1 Å². The Kier molecular flexibility index (Phi) is 4.10. The first kappa shape index (κ1) is 12.9. The number of rotatable bonds is 2. The molecule has 0 aromatic heterocycles. The van der Waals surface area contributed by atoms with Crippen LogP contribution in [0.1, 0.15) is 31.2 Å². The van der Waals surface area contributed by atoms with Crippen molar-refractivity contribution >= 4 is 21.6 Å². The molecule has 0 bridgehead atoms. The van der Waals surface area contributed by atoms with Gasteiger partial charge in [0, 0.05) is 29.3 Å². The number of halogens is 1. The molecule has 1 aromatic carbocycles. The minimum atomic E-state index is 0.423. The van der Waals surface area contributed by atoms with Gasteiger partial charge in [0.05, 0.1) is 0 Å². The van der Waals surface area contributed by atoms with E-state index in [4.69, 9.17) is 5.73 Å². The number of nitrogens with two attached hydrogens (primary N) is 1. The van der Waals surface area contributed by atoms with Crippen LogP contribution in [0.2, 0.25) is 0 Å². The molecule has 1 saturated carbocycles. The molecule has 0 aliphatic heterocycles. The van der Waals surface area contributed by atoms with Crippen molar-refractivity contribution in [2.45, 2.75) is 44.7 Å². The Hall–Kier alpha value is -0.540. The molecule has 1 aromatic rings. The van der Waals surface area contributed by atoms with Crippen molar-refractivity contribution in [1.29, 1.82) is 0 Å². The first-order chi connectivity index (χ1) is 8.08. The van der Waals surface area contributed by atoms with Crippen molar-refractivity contribution in [3.63, 3.8) is 0 Å². The SMILES string of the molecule is Cc1cc(N(C)C2CCC(N)CC2)ccc1Br. The molecule has 1 aliphatic carbocycles. The largest absolute Gasteiger partial charge is 0.372 e. The predicted octanol–water partition coefficient (Wildman–Crippen LogP) is 3.46. The first-order valence-corrected chi connectivity index (χ1v) is 7.12. The molecular weight excluding hydrogens is 276 g/mol. The van der Waals surface area contributed by atoms with Gasteiger partial charge in [0.15, 0.2) is 0 Å². The normalized spacial score (nSPS) is 24.7. The third-order valence-electron chi connectivity index (χ3n) is 3.84. The van der Waals surface area contributed by atoms with E-state index in [9.17, 15) is 0 Å². The standard InChI is InChI=1S/C14H21BrN2/c1-10-9-13(7-8-14(10)15)17(2)12-5-3-11(16)4-6-12/h7-9,11-12H,3-6,16H2,1-2H3. The maximum Gasteiger partial charge on any atom is 0.0369 e. The highest BCUT2D eigenvalue weighted by atomic mass is 79.9. The summed E-state index contributed by atoms with van der Waals surface area (Å²) in [5.74, 6) is 0. The molecule has 0 atom stereocenters. The molecule has 1 fully saturated rings. The van der Waals surface area contributed by atoms with E-state index in [0.717, 1.165) is 12.8 Å². The third-order valence-corrected chi connectivity index (χ3v) is 4.73. The third kappa shape index (κ3) is 3.02. The van der Waals surface area contributed by atoms with E-state index in [0.29, 0.717) is 12.1 Å². The van der Waals surface area contributed by atoms with Gasteiger partial charge in [-0.1, -0.05) is 15.9 Å². The molecule has 0 saturated heterocycles. The summed E-state index contributed by atoms with van der Waals surface area (Å²) in [5, 5.41) is 0. The van der Waals surface area contributed by atoms with Crippen LogP contribution in [0.5, 0.6) is 0 Å². The van der Waals surface area contributed by atoms with E-state index >= 15 is 0 Å². The second kappa shape index (κ2) is 5.40. The van der Waals surface area contributed by atoms with E-state index in [1.807, 2.05) is 0 Å². The molecule has 1 aliphatic rings. The Balaban J connectivity index is 2.08. The second-order valence-corrected chi connectivity index (χ2v) is 5.97. The van der Waals surface area contributed by atoms with Crippen LogP contribution in [0, 0.1) is 6.92 Å². The minimum Gasteiger partial charge on any atom is -0.372 e. The van der Waals surface area contributed by atoms with Crippen molar-refractivity contribution < 1.29 is 0 Å². The van der Waals surface area contributed by atoms with Crippen molar-refractivity contribution in [1.82, 2.24) is 0 Å². The Morgan fingerprint density at radius 1 is 1.24 bits per heavy atom. The van der Waals surface area contributed by atoms with Crippen LogP contribution < -0.4 is 10.6 Å². The summed E-state index contributed by atoms with van der Waals surface area (Å²) in [7, 11) is 2.20. The highest BCUT2D eigenvalue weighted by Gasteiger charge is 2.22. The predicted molar refractivity (Wildman–Crippen MR) is 77.5 cm³/mol. The minimum absolute atomic E-state index is 0.423. The van der Waals surface area contributed by atoms with E-state index in [1.165, 1.54) is 28.6 Å². The fourth-order valence-corrected chi connectivity index (χ4v) is 2.79. The van der Waals surface area contributed by atoms with Crippen molar-refractivity contribution in [3.05, 3.63) is 28.2 Å². The quantitative estimate of drug-likeness (QED) is 0.905. The second-order valence-electron chi connectivity index (χ2n) is 5.11. The van der Waals surface area contributed by atoms with Gasteiger partial charge in [-0.25, -0.2) is 0 Å². The molecule has 0 spiro atoms.